The van der Waals surface area contributed by atoms with Gasteiger partial charge in [0, 0.05) is 11.1 Å². The minimum atomic E-state index is -0.464. The summed E-state index contributed by atoms with van der Waals surface area (Å²) >= 11 is 0. The van der Waals surface area contributed by atoms with Crippen molar-refractivity contribution in [3.05, 3.63) is 72.9 Å². The van der Waals surface area contributed by atoms with E-state index >= 15 is 0 Å². The van der Waals surface area contributed by atoms with Crippen LogP contribution in [0.1, 0.15) is 37.7 Å². The number of aromatic amines is 3. The lowest BCUT2D eigenvalue weighted by Gasteiger charge is -2.16. The predicted molar refractivity (Wildman–Crippen MR) is 106 cm³/mol. The van der Waals surface area contributed by atoms with E-state index in [9.17, 15) is 14.7 Å². The molecule has 0 saturated carbocycles. The van der Waals surface area contributed by atoms with Gasteiger partial charge in [0.2, 0.25) is 0 Å². The summed E-state index contributed by atoms with van der Waals surface area (Å²) in [6.07, 6.45) is 4.57. The summed E-state index contributed by atoms with van der Waals surface area (Å²) in [6.45, 7) is 6.06. The largest absolute Gasteiger partial charge is 0.504 e. The maximum Gasteiger partial charge on any atom is 0.272 e. The van der Waals surface area contributed by atoms with Crippen molar-refractivity contribution in [3.8, 4) is 11.5 Å². The van der Waals surface area contributed by atoms with Gasteiger partial charge in [0.05, 0.1) is 19.1 Å². The number of methoxy groups -OCH3 is 1. The monoisotopic (exact) mass is 382 g/mol. The molecule has 0 aliphatic carbocycles. The van der Waals surface area contributed by atoms with Crippen LogP contribution in [0, 0.1) is 0 Å². The molecule has 8 nitrogen and oxygen atoms in total. The van der Waals surface area contributed by atoms with Gasteiger partial charge < -0.3 is 24.8 Å². The van der Waals surface area contributed by atoms with Crippen molar-refractivity contribution in [1.29, 1.82) is 0 Å². The van der Waals surface area contributed by atoms with Crippen LogP contribution in [0.2, 0.25) is 0 Å². The van der Waals surface area contributed by atoms with Gasteiger partial charge in [-0.05, 0) is 29.8 Å². The Morgan fingerprint density at radius 2 is 1.71 bits per heavy atom. The van der Waals surface area contributed by atoms with E-state index in [0.717, 1.165) is 5.69 Å². The second kappa shape index (κ2) is 7.22. The highest BCUT2D eigenvalue weighted by atomic mass is 16.5. The number of imidazole rings is 1. The Bertz CT molecular complexity index is 1240. The predicted octanol–water partition coefficient (Wildman–Crippen LogP) is 0.456. The lowest BCUT2D eigenvalue weighted by Crippen LogP contribution is -2.46. The topological polar surface area (TPSA) is 124 Å². The minimum Gasteiger partial charge on any atom is -0.504 e. The summed E-state index contributed by atoms with van der Waals surface area (Å²) in [6, 6.07) is 4.67. The van der Waals surface area contributed by atoms with E-state index in [1.807, 2.05) is 20.8 Å². The van der Waals surface area contributed by atoms with Gasteiger partial charge in [-0.25, -0.2) is 4.98 Å². The molecule has 0 atom stereocenters. The van der Waals surface area contributed by atoms with E-state index in [0.29, 0.717) is 17.0 Å². The molecule has 2 aromatic heterocycles. The normalized spacial score (nSPS) is 13.1. The molecule has 0 radical (unpaired) electrons. The molecule has 0 aliphatic heterocycles. The van der Waals surface area contributed by atoms with E-state index in [2.05, 4.69) is 19.9 Å². The number of hydrogen-bond donors (Lipinski definition) is 4. The number of rotatable bonds is 3. The number of phenolic OH excluding ortho intramolecular Hbond substituents is 1. The van der Waals surface area contributed by atoms with E-state index in [-0.39, 0.29) is 21.9 Å². The summed E-state index contributed by atoms with van der Waals surface area (Å²) in [7, 11) is 1.44. The number of nitrogens with one attached hydrogen (secondary N) is 3. The van der Waals surface area contributed by atoms with Crippen LogP contribution in [0.4, 0.5) is 0 Å². The summed E-state index contributed by atoms with van der Waals surface area (Å²) in [5.74, 6) is 0.256. The first-order valence-corrected chi connectivity index (χ1v) is 8.66. The summed E-state index contributed by atoms with van der Waals surface area (Å²) in [5.41, 5.74) is 0.876. The Morgan fingerprint density at radius 1 is 1.07 bits per heavy atom. The molecule has 0 bridgehead atoms. The molecule has 0 spiro atoms. The smallest absolute Gasteiger partial charge is 0.272 e. The fourth-order valence-electron chi connectivity index (χ4n) is 2.81. The Hall–Kier alpha value is -3.55. The van der Waals surface area contributed by atoms with Gasteiger partial charge in [-0.3, -0.25) is 9.59 Å². The van der Waals surface area contributed by atoms with Crippen LogP contribution in [0.3, 0.4) is 0 Å². The quantitative estimate of drug-likeness (QED) is 0.524. The van der Waals surface area contributed by atoms with Crippen LogP contribution in [0.15, 0.2) is 34.1 Å². The SMILES string of the molecule is COc1ccc(C=c2[nH]c(=O)c(=Cc3nc[nH]c3C(C)(C)C)[nH]c2=O)cc1O. The molecule has 2 heterocycles. The number of nitrogens with zero attached hydrogens (tertiary/aromatic N) is 1. The summed E-state index contributed by atoms with van der Waals surface area (Å²) in [5, 5.41) is 10.0. The maximum absolute atomic E-state index is 12.5. The molecule has 4 N–H and O–H groups in total. The first-order chi connectivity index (χ1) is 13.2. The van der Waals surface area contributed by atoms with Crippen LogP contribution in [0.25, 0.3) is 12.2 Å². The third-order valence-corrected chi connectivity index (χ3v) is 4.20. The van der Waals surface area contributed by atoms with Crippen LogP contribution < -0.4 is 26.6 Å². The molecule has 0 saturated heterocycles. The highest BCUT2D eigenvalue weighted by Gasteiger charge is 2.19. The molecule has 3 rings (SSSR count). The molecule has 0 fully saturated rings. The number of aromatic hydroxyl groups is 1. The Balaban J connectivity index is 2.10. The fourth-order valence-corrected chi connectivity index (χ4v) is 2.81. The third kappa shape index (κ3) is 3.90. The van der Waals surface area contributed by atoms with Gasteiger partial charge >= 0.3 is 0 Å². The number of benzene rings is 1. The first kappa shape index (κ1) is 19.2. The number of hydrogen-bond acceptors (Lipinski definition) is 5. The van der Waals surface area contributed by atoms with Crippen molar-refractivity contribution in [2.45, 2.75) is 26.2 Å². The van der Waals surface area contributed by atoms with Gasteiger partial charge in [-0.15, -0.1) is 0 Å². The van der Waals surface area contributed by atoms with E-state index < -0.39 is 11.1 Å². The third-order valence-electron chi connectivity index (χ3n) is 4.20. The van der Waals surface area contributed by atoms with E-state index in [1.165, 1.54) is 19.3 Å². The zero-order chi connectivity index (χ0) is 20.5. The van der Waals surface area contributed by atoms with Crippen molar-refractivity contribution in [2.75, 3.05) is 7.11 Å². The second-order valence-corrected chi connectivity index (χ2v) is 7.37. The molecule has 3 aromatic rings. The molecule has 146 valence electrons. The molecule has 0 aliphatic rings. The standard InChI is InChI=1S/C20H22N4O4/c1-20(2,3)17-12(21-10-22-17)9-14-19(27)23-13(18(26)24-14)7-11-5-6-16(28-4)15(25)8-11/h5-10,25H,1-4H3,(H,21,22)(H,23,27)(H,24,26). The van der Waals surface area contributed by atoms with Crippen molar-refractivity contribution in [2.24, 2.45) is 0 Å². The van der Waals surface area contributed by atoms with Crippen LogP contribution in [-0.4, -0.2) is 32.2 Å². The molecule has 8 heteroatoms. The molecule has 0 amide bonds. The Morgan fingerprint density at radius 3 is 2.29 bits per heavy atom. The van der Waals surface area contributed by atoms with Crippen LogP contribution in [0.5, 0.6) is 11.5 Å². The van der Waals surface area contributed by atoms with Gasteiger partial charge in [-0.2, -0.15) is 0 Å². The Labute approximate surface area is 160 Å². The van der Waals surface area contributed by atoms with Gasteiger partial charge in [0.1, 0.15) is 10.7 Å². The average Bonchev–Trinajstić information content (AvgIpc) is 3.08. The molecular formula is C20H22N4O4. The zero-order valence-electron chi connectivity index (χ0n) is 16.1. The van der Waals surface area contributed by atoms with Crippen LogP contribution in [-0.2, 0) is 5.41 Å². The lowest BCUT2D eigenvalue weighted by molar-refractivity contribution is 0.373. The van der Waals surface area contributed by atoms with E-state index in [4.69, 9.17) is 4.74 Å². The first-order valence-electron chi connectivity index (χ1n) is 8.66. The van der Waals surface area contributed by atoms with Crippen LogP contribution >= 0.6 is 0 Å². The number of ether oxygens (including phenoxy) is 1. The Kier molecular flexibility index (Phi) is 4.96. The van der Waals surface area contributed by atoms with Gasteiger partial charge in [0.15, 0.2) is 11.5 Å². The van der Waals surface area contributed by atoms with E-state index in [1.54, 1.807) is 24.5 Å². The van der Waals surface area contributed by atoms with Crippen molar-refractivity contribution >= 4 is 12.2 Å². The van der Waals surface area contributed by atoms with Crippen molar-refractivity contribution in [1.82, 2.24) is 19.9 Å². The highest BCUT2D eigenvalue weighted by molar-refractivity contribution is 5.54. The van der Waals surface area contributed by atoms with Crippen molar-refractivity contribution < 1.29 is 9.84 Å². The maximum atomic E-state index is 12.5. The average molecular weight is 382 g/mol. The molecule has 28 heavy (non-hydrogen) atoms. The number of aromatic nitrogens is 4. The number of phenols is 1. The summed E-state index contributed by atoms with van der Waals surface area (Å²) in [4.78, 5) is 37.3. The lowest BCUT2D eigenvalue weighted by atomic mass is 9.90. The van der Waals surface area contributed by atoms with Crippen molar-refractivity contribution in [3.63, 3.8) is 0 Å². The molecule has 0 unspecified atom stereocenters. The summed E-state index contributed by atoms with van der Waals surface area (Å²) < 4.78 is 4.99. The fraction of sp³-hybridized carbons (Fsp3) is 0.250. The second-order valence-electron chi connectivity index (χ2n) is 7.37. The molecular weight excluding hydrogens is 360 g/mol. The highest BCUT2D eigenvalue weighted by Crippen LogP contribution is 2.26. The van der Waals surface area contributed by atoms with Gasteiger partial charge in [-0.1, -0.05) is 26.8 Å². The molecule has 1 aromatic carbocycles. The van der Waals surface area contributed by atoms with Gasteiger partial charge in [0.25, 0.3) is 11.1 Å². The zero-order valence-corrected chi connectivity index (χ0v) is 16.1. The number of H-pyrrole nitrogens is 3. The minimum absolute atomic E-state index is 0.0618.